The first-order valence-corrected chi connectivity index (χ1v) is 6.15. The lowest BCUT2D eigenvalue weighted by Crippen LogP contribution is -2.24. The van der Waals surface area contributed by atoms with Gasteiger partial charge in [-0.2, -0.15) is 5.10 Å². The van der Waals surface area contributed by atoms with Gasteiger partial charge >= 0.3 is 5.97 Å². The molecule has 0 radical (unpaired) electrons. The molecule has 0 saturated heterocycles. The molecule has 0 spiro atoms. The van der Waals surface area contributed by atoms with E-state index in [-0.39, 0.29) is 11.5 Å². The number of carboxylic acids is 1. The summed E-state index contributed by atoms with van der Waals surface area (Å²) in [5.41, 5.74) is 1.10. The number of amides is 1. The van der Waals surface area contributed by atoms with Gasteiger partial charge in [0.2, 0.25) is 5.76 Å². The van der Waals surface area contributed by atoms with Gasteiger partial charge in [-0.15, -0.1) is 0 Å². The van der Waals surface area contributed by atoms with Crippen LogP contribution in [0.1, 0.15) is 33.1 Å². The normalized spacial score (nSPS) is 10.4. The van der Waals surface area contributed by atoms with Gasteiger partial charge in [0.15, 0.2) is 5.76 Å². The second-order valence-corrected chi connectivity index (χ2v) is 4.35. The zero-order valence-corrected chi connectivity index (χ0v) is 11.0. The van der Waals surface area contributed by atoms with Crippen LogP contribution in [0.5, 0.6) is 0 Å². The Morgan fingerprint density at radius 2 is 2.15 bits per heavy atom. The van der Waals surface area contributed by atoms with Crippen molar-refractivity contribution in [1.29, 1.82) is 0 Å². The highest BCUT2D eigenvalue weighted by molar-refractivity contribution is 5.93. The van der Waals surface area contributed by atoms with Crippen LogP contribution < -0.4 is 5.32 Å². The molecule has 0 aliphatic heterocycles. The van der Waals surface area contributed by atoms with Gasteiger partial charge in [-0.3, -0.25) is 9.48 Å². The number of carbonyl (C=O) groups is 2. The number of furan rings is 1. The molecule has 0 aliphatic rings. The van der Waals surface area contributed by atoms with Gasteiger partial charge in [-0.05, 0) is 30.5 Å². The molecule has 106 valence electrons. The zero-order chi connectivity index (χ0) is 14.5. The van der Waals surface area contributed by atoms with E-state index in [0.29, 0.717) is 6.54 Å². The maximum Gasteiger partial charge on any atom is 0.371 e. The molecule has 0 aliphatic carbocycles. The Hall–Kier alpha value is -2.57. The number of hydrogen-bond acceptors (Lipinski definition) is 4. The van der Waals surface area contributed by atoms with E-state index in [9.17, 15) is 9.59 Å². The number of carboxylic acid groups (broad SMARTS) is 1. The summed E-state index contributed by atoms with van der Waals surface area (Å²) in [5, 5.41) is 15.4. The summed E-state index contributed by atoms with van der Waals surface area (Å²) in [6, 6.07) is 2.60. The maximum absolute atomic E-state index is 11.7. The lowest BCUT2D eigenvalue weighted by Gasteiger charge is -2.02. The van der Waals surface area contributed by atoms with Crippen molar-refractivity contribution in [2.24, 2.45) is 7.05 Å². The number of aromatic nitrogens is 2. The van der Waals surface area contributed by atoms with Crippen molar-refractivity contribution in [3.05, 3.63) is 41.6 Å². The monoisotopic (exact) mass is 277 g/mol. The van der Waals surface area contributed by atoms with Gasteiger partial charge in [-0.1, -0.05) is 0 Å². The molecule has 1 amide bonds. The highest BCUT2D eigenvalue weighted by atomic mass is 16.4. The van der Waals surface area contributed by atoms with Gasteiger partial charge in [0, 0.05) is 19.8 Å². The van der Waals surface area contributed by atoms with Crippen molar-refractivity contribution < 1.29 is 19.1 Å². The smallest absolute Gasteiger partial charge is 0.371 e. The van der Waals surface area contributed by atoms with Crippen molar-refractivity contribution in [2.45, 2.75) is 12.8 Å². The van der Waals surface area contributed by atoms with E-state index in [4.69, 9.17) is 9.52 Å². The summed E-state index contributed by atoms with van der Waals surface area (Å²) in [4.78, 5) is 22.3. The summed E-state index contributed by atoms with van der Waals surface area (Å²) in [5.74, 6) is -1.85. The Morgan fingerprint density at radius 3 is 2.75 bits per heavy atom. The molecule has 0 fully saturated rings. The highest BCUT2D eigenvalue weighted by Gasteiger charge is 2.14. The molecule has 7 heteroatoms. The number of aromatic carboxylic acids is 1. The Labute approximate surface area is 115 Å². The summed E-state index contributed by atoms with van der Waals surface area (Å²) in [7, 11) is 1.85. The van der Waals surface area contributed by atoms with E-state index in [1.807, 2.05) is 13.2 Å². The Morgan fingerprint density at radius 1 is 1.40 bits per heavy atom. The van der Waals surface area contributed by atoms with Crippen LogP contribution in [-0.2, 0) is 13.5 Å². The topological polar surface area (TPSA) is 97.4 Å². The van der Waals surface area contributed by atoms with Crippen molar-refractivity contribution in [2.75, 3.05) is 6.54 Å². The van der Waals surface area contributed by atoms with Crippen molar-refractivity contribution in [3.8, 4) is 0 Å². The molecule has 0 saturated carbocycles. The quantitative estimate of drug-likeness (QED) is 0.770. The van der Waals surface area contributed by atoms with Crippen LogP contribution in [0.15, 0.2) is 28.9 Å². The van der Waals surface area contributed by atoms with E-state index in [1.54, 1.807) is 10.9 Å². The molecule has 0 atom stereocenters. The van der Waals surface area contributed by atoms with Crippen LogP contribution in [-0.4, -0.2) is 33.3 Å². The van der Waals surface area contributed by atoms with Gasteiger partial charge in [0.05, 0.1) is 6.20 Å². The standard InChI is InChI=1S/C13H15N3O4/c1-16-8-9(7-15-16)3-2-6-14-12(17)10-4-5-11(20-10)13(18)19/h4-5,7-8H,2-3,6H2,1H3,(H,14,17)(H,18,19). The minimum Gasteiger partial charge on any atom is -0.475 e. The molecule has 0 unspecified atom stereocenters. The lowest BCUT2D eigenvalue weighted by atomic mass is 10.2. The zero-order valence-electron chi connectivity index (χ0n) is 11.0. The first-order chi connectivity index (χ1) is 9.56. The van der Waals surface area contributed by atoms with E-state index in [2.05, 4.69) is 10.4 Å². The van der Waals surface area contributed by atoms with Crippen LogP contribution in [0.25, 0.3) is 0 Å². The van der Waals surface area contributed by atoms with Crippen LogP contribution in [0.2, 0.25) is 0 Å². The molecule has 0 bridgehead atoms. The van der Waals surface area contributed by atoms with Crippen LogP contribution in [0.4, 0.5) is 0 Å². The first-order valence-electron chi connectivity index (χ1n) is 6.15. The summed E-state index contributed by atoms with van der Waals surface area (Å²) in [6.07, 6.45) is 5.29. The van der Waals surface area contributed by atoms with Crippen molar-refractivity contribution in [3.63, 3.8) is 0 Å². The van der Waals surface area contributed by atoms with Crippen molar-refractivity contribution >= 4 is 11.9 Å². The molecule has 0 aromatic carbocycles. The van der Waals surface area contributed by atoms with E-state index in [0.717, 1.165) is 18.4 Å². The molecular weight excluding hydrogens is 262 g/mol. The summed E-state index contributed by atoms with van der Waals surface area (Å²) < 4.78 is 6.63. The number of carbonyl (C=O) groups excluding carboxylic acids is 1. The number of hydrogen-bond donors (Lipinski definition) is 2. The summed E-state index contributed by atoms with van der Waals surface area (Å²) >= 11 is 0. The van der Waals surface area contributed by atoms with E-state index in [1.165, 1.54) is 12.1 Å². The second-order valence-electron chi connectivity index (χ2n) is 4.35. The number of aryl methyl sites for hydroxylation is 2. The third-order valence-electron chi connectivity index (χ3n) is 2.73. The van der Waals surface area contributed by atoms with E-state index >= 15 is 0 Å². The molecule has 2 heterocycles. The predicted octanol–water partition coefficient (Wildman–Crippen LogP) is 1.07. The number of nitrogens with zero attached hydrogens (tertiary/aromatic N) is 2. The maximum atomic E-state index is 11.7. The SMILES string of the molecule is Cn1cc(CCCNC(=O)c2ccc(C(=O)O)o2)cn1. The van der Waals surface area contributed by atoms with Crippen LogP contribution >= 0.6 is 0 Å². The van der Waals surface area contributed by atoms with Crippen LogP contribution in [0.3, 0.4) is 0 Å². The molecule has 7 nitrogen and oxygen atoms in total. The number of nitrogens with one attached hydrogen (secondary N) is 1. The van der Waals surface area contributed by atoms with Crippen LogP contribution in [0, 0.1) is 0 Å². The summed E-state index contributed by atoms with van der Waals surface area (Å²) in [6.45, 7) is 0.483. The third-order valence-corrected chi connectivity index (χ3v) is 2.73. The first kappa shape index (κ1) is 13.9. The molecule has 2 rings (SSSR count). The average molecular weight is 277 g/mol. The molecule has 20 heavy (non-hydrogen) atoms. The minimum atomic E-state index is -1.19. The average Bonchev–Trinajstić information content (AvgIpc) is 3.03. The second kappa shape index (κ2) is 6.05. The Balaban J connectivity index is 1.75. The Bertz CT molecular complexity index is 615. The van der Waals surface area contributed by atoms with Gasteiger partial charge in [-0.25, -0.2) is 4.79 Å². The predicted molar refractivity (Wildman–Crippen MR) is 69.5 cm³/mol. The van der Waals surface area contributed by atoms with Gasteiger partial charge in [0.25, 0.3) is 5.91 Å². The van der Waals surface area contributed by atoms with Gasteiger partial charge < -0.3 is 14.8 Å². The largest absolute Gasteiger partial charge is 0.475 e. The van der Waals surface area contributed by atoms with E-state index < -0.39 is 11.9 Å². The fourth-order valence-corrected chi connectivity index (χ4v) is 1.76. The fraction of sp³-hybridized carbons (Fsp3) is 0.308. The number of rotatable bonds is 6. The Kier molecular flexibility index (Phi) is 4.19. The fourth-order valence-electron chi connectivity index (χ4n) is 1.76. The minimum absolute atomic E-state index is 0.00350. The third kappa shape index (κ3) is 3.47. The lowest BCUT2D eigenvalue weighted by molar-refractivity contribution is 0.0659. The molecular formula is C13H15N3O4. The highest BCUT2D eigenvalue weighted by Crippen LogP contribution is 2.07. The van der Waals surface area contributed by atoms with Crippen molar-refractivity contribution in [1.82, 2.24) is 15.1 Å². The molecule has 2 aromatic heterocycles. The molecule has 2 N–H and O–H groups in total. The van der Waals surface area contributed by atoms with Gasteiger partial charge in [0.1, 0.15) is 0 Å². The molecule has 2 aromatic rings.